The van der Waals surface area contributed by atoms with E-state index in [1.54, 1.807) is 6.07 Å². The first-order chi connectivity index (χ1) is 8.90. The summed E-state index contributed by atoms with van der Waals surface area (Å²) in [5, 5.41) is 2.70. The fourth-order valence-electron chi connectivity index (χ4n) is 1.45. The maximum atomic E-state index is 11.6. The number of thiophene rings is 1. The van der Waals surface area contributed by atoms with Crippen molar-refractivity contribution >= 4 is 39.7 Å². The lowest BCUT2D eigenvalue weighted by Crippen LogP contribution is -2.39. The first kappa shape index (κ1) is 19.3. The summed E-state index contributed by atoms with van der Waals surface area (Å²) in [5.74, 6) is -0.215. The molecular formula is C11H20ClN3O3S2. The highest BCUT2D eigenvalue weighted by molar-refractivity contribution is 7.91. The molecule has 0 aliphatic rings. The second-order valence-electron chi connectivity index (χ2n) is 4.04. The Kier molecular flexibility index (Phi) is 8.29. The van der Waals surface area contributed by atoms with E-state index in [-0.39, 0.29) is 22.5 Å². The van der Waals surface area contributed by atoms with Gasteiger partial charge in [-0.1, -0.05) is 13.3 Å². The molecule has 0 radical (unpaired) electrons. The Labute approximate surface area is 129 Å². The van der Waals surface area contributed by atoms with Gasteiger partial charge in [0.2, 0.25) is 15.9 Å². The molecule has 1 amide bonds. The van der Waals surface area contributed by atoms with Crippen molar-refractivity contribution in [2.75, 3.05) is 7.05 Å². The van der Waals surface area contributed by atoms with Gasteiger partial charge in [-0.3, -0.25) is 4.79 Å². The van der Waals surface area contributed by atoms with Crippen molar-refractivity contribution in [3.05, 3.63) is 17.0 Å². The van der Waals surface area contributed by atoms with Gasteiger partial charge in [-0.25, -0.2) is 13.1 Å². The minimum absolute atomic E-state index is 0. The van der Waals surface area contributed by atoms with Gasteiger partial charge in [0.1, 0.15) is 4.21 Å². The van der Waals surface area contributed by atoms with E-state index in [0.29, 0.717) is 13.0 Å². The Morgan fingerprint density at radius 2 is 2.10 bits per heavy atom. The molecule has 0 saturated heterocycles. The normalized spacial score (nSPS) is 12.6. The zero-order valence-electron chi connectivity index (χ0n) is 11.4. The van der Waals surface area contributed by atoms with Gasteiger partial charge < -0.3 is 11.1 Å². The van der Waals surface area contributed by atoms with Crippen LogP contribution in [0.1, 0.15) is 24.6 Å². The number of sulfonamides is 1. The average Bonchev–Trinajstić information content (AvgIpc) is 2.85. The van der Waals surface area contributed by atoms with Gasteiger partial charge in [-0.2, -0.15) is 0 Å². The molecule has 1 unspecified atom stereocenters. The molecule has 0 aliphatic heterocycles. The Hall–Kier alpha value is -0.670. The fourth-order valence-corrected chi connectivity index (χ4v) is 3.58. The molecule has 0 aromatic carbocycles. The Morgan fingerprint density at radius 3 is 2.65 bits per heavy atom. The van der Waals surface area contributed by atoms with Gasteiger partial charge in [0.15, 0.2) is 0 Å². The molecule has 20 heavy (non-hydrogen) atoms. The van der Waals surface area contributed by atoms with E-state index < -0.39 is 16.1 Å². The van der Waals surface area contributed by atoms with Crippen LogP contribution < -0.4 is 15.8 Å². The molecule has 0 aliphatic carbocycles. The van der Waals surface area contributed by atoms with Crippen LogP contribution in [0.15, 0.2) is 16.3 Å². The lowest BCUT2D eigenvalue weighted by atomic mass is 10.2. The minimum Gasteiger partial charge on any atom is -0.350 e. The van der Waals surface area contributed by atoms with Crippen LogP contribution in [0.5, 0.6) is 0 Å². The first-order valence-electron chi connectivity index (χ1n) is 5.96. The van der Waals surface area contributed by atoms with E-state index >= 15 is 0 Å². The molecule has 6 nitrogen and oxygen atoms in total. The molecule has 1 aromatic rings. The predicted molar refractivity (Wildman–Crippen MR) is 82.5 cm³/mol. The van der Waals surface area contributed by atoms with Crippen LogP contribution in [0.25, 0.3) is 0 Å². The topological polar surface area (TPSA) is 101 Å². The molecule has 1 aromatic heterocycles. The number of nitrogens with two attached hydrogens (primary N) is 1. The molecule has 1 rings (SSSR count). The second kappa shape index (κ2) is 8.58. The third-order valence-electron chi connectivity index (χ3n) is 2.54. The number of carbonyl (C=O) groups is 1. The van der Waals surface area contributed by atoms with E-state index in [0.717, 1.165) is 22.6 Å². The zero-order valence-corrected chi connectivity index (χ0v) is 13.8. The SMILES string of the molecule is CCCC(N)C(=O)NCc1ccc(S(=O)(=O)NC)s1.Cl. The van der Waals surface area contributed by atoms with Crippen LogP contribution in [0.2, 0.25) is 0 Å². The standard InChI is InChI=1S/C11H19N3O3S2.ClH/c1-3-4-9(12)11(15)14-7-8-5-6-10(18-8)19(16,17)13-2;/h5-6,9,13H,3-4,7,12H2,1-2H3,(H,14,15);1H. The molecule has 1 atom stereocenters. The molecule has 0 fully saturated rings. The predicted octanol–water partition coefficient (Wildman–Crippen LogP) is 0.822. The van der Waals surface area contributed by atoms with Crippen LogP contribution in [0.4, 0.5) is 0 Å². The number of rotatable bonds is 7. The molecule has 0 saturated carbocycles. The van der Waals surface area contributed by atoms with Crippen LogP contribution >= 0.6 is 23.7 Å². The highest BCUT2D eigenvalue weighted by Gasteiger charge is 2.15. The third kappa shape index (κ3) is 5.37. The summed E-state index contributed by atoms with van der Waals surface area (Å²) in [5.41, 5.74) is 5.67. The molecular weight excluding hydrogens is 322 g/mol. The summed E-state index contributed by atoms with van der Waals surface area (Å²) in [4.78, 5) is 12.4. The molecule has 1 heterocycles. The summed E-state index contributed by atoms with van der Waals surface area (Å²) in [7, 11) is -2.05. The number of carbonyl (C=O) groups excluding carboxylic acids is 1. The van der Waals surface area contributed by atoms with Crippen molar-refractivity contribution in [1.29, 1.82) is 0 Å². The fraction of sp³-hybridized carbons (Fsp3) is 0.545. The number of amides is 1. The smallest absolute Gasteiger partial charge is 0.249 e. The molecule has 4 N–H and O–H groups in total. The monoisotopic (exact) mass is 341 g/mol. The lowest BCUT2D eigenvalue weighted by molar-refractivity contribution is -0.122. The summed E-state index contributed by atoms with van der Waals surface area (Å²) < 4.78 is 25.6. The summed E-state index contributed by atoms with van der Waals surface area (Å²) in [6.45, 7) is 2.25. The second-order valence-corrected chi connectivity index (χ2v) is 7.32. The van der Waals surface area contributed by atoms with Gasteiger partial charge in [0.05, 0.1) is 12.6 Å². The third-order valence-corrected chi connectivity index (χ3v) is 5.54. The quantitative estimate of drug-likeness (QED) is 0.683. The van der Waals surface area contributed by atoms with E-state index in [1.807, 2.05) is 6.92 Å². The Morgan fingerprint density at radius 1 is 1.45 bits per heavy atom. The van der Waals surface area contributed by atoms with Gasteiger partial charge in [-0.15, -0.1) is 23.7 Å². The van der Waals surface area contributed by atoms with Crippen molar-refractivity contribution < 1.29 is 13.2 Å². The van der Waals surface area contributed by atoms with Gasteiger partial charge in [-0.05, 0) is 25.6 Å². The maximum absolute atomic E-state index is 11.6. The van der Waals surface area contributed by atoms with Crippen LogP contribution in [-0.4, -0.2) is 27.4 Å². The molecule has 0 spiro atoms. The van der Waals surface area contributed by atoms with E-state index in [9.17, 15) is 13.2 Å². The van der Waals surface area contributed by atoms with Crippen molar-refractivity contribution in [3.63, 3.8) is 0 Å². The number of hydrogen-bond acceptors (Lipinski definition) is 5. The highest BCUT2D eigenvalue weighted by atomic mass is 35.5. The van der Waals surface area contributed by atoms with Crippen LogP contribution in [-0.2, 0) is 21.4 Å². The molecule has 9 heteroatoms. The summed E-state index contributed by atoms with van der Waals surface area (Å²) in [6.07, 6.45) is 1.48. The average molecular weight is 342 g/mol. The summed E-state index contributed by atoms with van der Waals surface area (Å²) >= 11 is 1.13. The van der Waals surface area contributed by atoms with Gasteiger partial charge in [0, 0.05) is 4.88 Å². The van der Waals surface area contributed by atoms with Crippen LogP contribution in [0.3, 0.4) is 0 Å². The van der Waals surface area contributed by atoms with Gasteiger partial charge >= 0.3 is 0 Å². The van der Waals surface area contributed by atoms with Crippen molar-refractivity contribution in [2.24, 2.45) is 5.73 Å². The van der Waals surface area contributed by atoms with E-state index in [4.69, 9.17) is 5.73 Å². The Bertz CT molecular complexity index is 531. The first-order valence-corrected chi connectivity index (χ1v) is 8.26. The Balaban J connectivity index is 0.00000361. The maximum Gasteiger partial charge on any atom is 0.249 e. The van der Waals surface area contributed by atoms with Gasteiger partial charge in [0.25, 0.3) is 0 Å². The molecule has 0 bridgehead atoms. The largest absolute Gasteiger partial charge is 0.350 e. The highest BCUT2D eigenvalue weighted by Crippen LogP contribution is 2.20. The van der Waals surface area contributed by atoms with E-state index in [2.05, 4.69) is 10.0 Å². The van der Waals surface area contributed by atoms with Crippen molar-refractivity contribution in [1.82, 2.24) is 10.0 Å². The van der Waals surface area contributed by atoms with Crippen LogP contribution in [0, 0.1) is 0 Å². The summed E-state index contributed by atoms with van der Waals surface area (Å²) in [6, 6.07) is 2.69. The zero-order chi connectivity index (χ0) is 14.5. The molecule has 116 valence electrons. The minimum atomic E-state index is -3.41. The number of halogens is 1. The number of nitrogens with one attached hydrogen (secondary N) is 2. The van der Waals surface area contributed by atoms with Crippen molar-refractivity contribution in [2.45, 2.75) is 36.6 Å². The lowest BCUT2D eigenvalue weighted by Gasteiger charge is -2.10. The van der Waals surface area contributed by atoms with Crippen molar-refractivity contribution in [3.8, 4) is 0 Å². The number of hydrogen-bond donors (Lipinski definition) is 3. The van der Waals surface area contributed by atoms with E-state index in [1.165, 1.54) is 13.1 Å².